The van der Waals surface area contributed by atoms with E-state index in [1.165, 1.54) is 12.8 Å². The Morgan fingerprint density at radius 3 is 2.50 bits per heavy atom. The molecule has 1 atom stereocenters. The molecule has 1 saturated heterocycles. The van der Waals surface area contributed by atoms with Crippen molar-refractivity contribution in [3.8, 4) is 0 Å². The lowest BCUT2D eigenvalue weighted by molar-refractivity contribution is 0.607. The lowest BCUT2D eigenvalue weighted by Crippen LogP contribution is -2.29. The van der Waals surface area contributed by atoms with E-state index in [-0.39, 0.29) is 0 Å². The van der Waals surface area contributed by atoms with E-state index >= 15 is 0 Å². The Balaban J connectivity index is 1.87. The standard InChI is InChI=1S/C12H19N3O2S/c1-18(16,17)15-11-6-4-10(5-7-11)14-9-12-3-2-8-13-12/h4-7,12-15H,2-3,8-9H2,1H3. The largest absolute Gasteiger partial charge is 0.383 e. The lowest BCUT2D eigenvalue weighted by Gasteiger charge is -2.13. The summed E-state index contributed by atoms with van der Waals surface area (Å²) in [6.07, 6.45) is 3.59. The molecule has 0 bridgehead atoms. The maximum absolute atomic E-state index is 11.1. The zero-order valence-corrected chi connectivity index (χ0v) is 11.3. The SMILES string of the molecule is CS(=O)(=O)Nc1ccc(NCC2CCCN2)cc1. The summed E-state index contributed by atoms with van der Waals surface area (Å²) in [6.45, 7) is 2.00. The fourth-order valence-electron chi connectivity index (χ4n) is 2.04. The van der Waals surface area contributed by atoms with Crippen molar-refractivity contribution in [1.82, 2.24) is 5.32 Å². The van der Waals surface area contributed by atoms with Gasteiger partial charge < -0.3 is 10.6 Å². The Hall–Kier alpha value is -1.27. The lowest BCUT2D eigenvalue weighted by atomic mass is 10.2. The predicted molar refractivity (Wildman–Crippen MR) is 74.4 cm³/mol. The summed E-state index contributed by atoms with van der Waals surface area (Å²) in [7, 11) is -3.20. The van der Waals surface area contributed by atoms with Crippen LogP contribution in [0, 0.1) is 0 Å². The summed E-state index contributed by atoms with van der Waals surface area (Å²) in [4.78, 5) is 0. The molecule has 2 rings (SSSR count). The van der Waals surface area contributed by atoms with Crippen LogP contribution in [0.5, 0.6) is 0 Å². The molecule has 0 amide bonds. The predicted octanol–water partition coefficient (Wildman–Crippen LogP) is 1.22. The van der Waals surface area contributed by atoms with Crippen molar-refractivity contribution in [3.63, 3.8) is 0 Å². The van der Waals surface area contributed by atoms with Crippen molar-refractivity contribution in [1.29, 1.82) is 0 Å². The van der Waals surface area contributed by atoms with Crippen LogP contribution in [0.3, 0.4) is 0 Å². The molecule has 5 nitrogen and oxygen atoms in total. The molecular weight excluding hydrogens is 250 g/mol. The van der Waals surface area contributed by atoms with E-state index in [0.29, 0.717) is 11.7 Å². The van der Waals surface area contributed by atoms with Crippen LogP contribution in [0.1, 0.15) is 12.8 Å². The molecule has 1 aromatic rings. The Kier molecular flexibility index (Phi) is 4.08. The van der Waals surface area contributed by atoms with Crippen LogP contribution in [-0.4, -0.2) is 33.8 Å². The molecule has 6 heteroatoms. The van der Waals surface area contributed by atoms with E-state index in [9.17, 15) is 8.42 Å². The Morgan fingerprint density at radius 1 is 1.28 bits per heavy atom. The van der Waals surface area contributed by atoms with Crippen molar-refractivity contribution in [2.45, 2.75) is 18.9 Å². The second-order valence-electron chi connectivity index (χ2n) is 4.63. The average Bonchev–Trinajstić information content (AvgIpc) is 2.79. The number of hydrogen-bond acceptors (Lipinski definition) is 4. The molecule has 1 unspecified atom stereocenters. The minimum absolute atomic E-state index is 0.541. The van der Waals surface area contributed by atoms with Crippen LogP contribution in [-0.2, 0) is 10.0 Å². The number of hydrogen-bond donors (Lipinski definition) is 3. The molecule has 0 radical (unpaired) electrons. The third kappa shape index (κ3) is 4.19. The highest BCUT2D eigenvalue weighted by molar-refractivity contribution is 7.92. The van der Waals surface area contributed by atoms with Crippen molar-refractivity contribution in [3.05, 3.63) is 24.3 Å². The molecule has 18 heavy (non-hydrogen) atoms. The van der Waals surface area contributed by atoms with E-state index in [1.807, 2.05) is 12.1 Å². The Morgan fingerprint density at radius 2 is 1.94 bits per heavy atom. The topological polar surface area (TPSA) is 70.2 Å². The normalized spacial score (nSPS) is 19.7. The summed E-state index contributed by atoms with van der Waals surface area (Å²) >= 11 is 0. The maximum Gasteiger partial charge on any atom is 0.229 e. The van der Waals surface area contributed by atoms with Crippen LogP contribution in [0.4, 0.5) is 11.4 Å². The smallest absolute Gasteiger partial charge is 0.229 e. The minimum atomic E-state index is -3.20. The fourth-order valence-corrected chi connectivity index (χ4v) is 2.61. The molecule has 1 aliphatic rings. The number of sulfonamides is 1. The number of nitrogens with one attached hydrogen (secondary N) is 3. The Labute approximate surface area is 108 Å². The van der Waals surface area contributed by atoms with Crippen molar-refractivity contribution in [2.75, 3.05) is 29.4 Å². The van der Waals surface area contributed by atoms with Gasteiger partial charge in [0.2, 0.25) is 10.0 Å². The first kappa shape index (κ1) is 13.2. The van der Waals surface area contributed by atoms with Crippen LogP contribution in [0.25, 0.3) is 0 Å². The zero-order chi connectivity index (χ0) is 13.0. The first-order chi connectivity index (χ1) is 8.53. The number of benzene rings is 1. The average molecular weight is 269 g/mol. The third-order valence-electron chi connectivity index (χ3n) is 2.90. The van der Waals surface area contributed by atoms with Gasteiger partial charge in [-0.1, -0.05) is 0 Å². The molecule has 1 heterocycles. The third-order valence-corrected chi connectivity index (χ3v) is 3.51. The van der Waals surface area contributed by atoms with Crippen LogP contribution >= 0.6 is 0 Å². The molecule has 1 aromatic carbocycles. The van der Waals surface area contributed by atoms with Crippen molar-refractivity contribution in [2.24, 2.45) is 0 Å². The van der Waals surface area contributed by atoms with Gasteiger partial charge in [-0.3, -0.25) is 4.72 Å². The fraction of sp³-hybridized carbons (Fsp3) is 0.500. The summed E-state index contributed by atoms with van der Waals surface area (Å²) in [6, 6.07) is 7.81. The van der Waals surface area contributed by atoms with E-state index in [1.54, 1.807) is 12.1 Å². The van der Waals surface area contributed by atoms with Crippen molar-refractivity contribution < 1.29 is 8.42 Å². The van der Waals surface area contributed by atoms with E-state index in [0.717, 1.165) is 25.0 Å². The molecule has 1 fully saturated rings. The van der Waals surface area contributed by atoms with Gasteiger partial charge in [-0.2, -0.15) is 0 Å². The van der Waals surface area contributed by atoms with Gasteiger partial charge in [0.15, 0.2) is 0 Å². The highest BCUT2D eigenvalue weighted by Crippen LogP contribution is 2.15. The second-order valence-corrected chi connectivity index (χ2v) is 6.37. The second kappa shape index (κ2) is 5.58. The van der Waals surface area contributed by atoms with Gasteiger partial charge in [0, 0.05) is 24.0 Å². The summed E-state index contributed by atoms with van der Waals surface area (Å²) < 4.78 is 24.5. The molecule has 0 aromatic heterocycles. The number of rotatable bonds is 5. The quantitative estimate of drug-likeness (QED) is 0.752. The molecule has 0 saturated carbocycles. The van der Waals surface area contributed by atoms with Crippen LogP contribution < -0.4 is 15.4 Å². The molecule has 3 N–H and O–H groups in total. The first-order valence-corrected chi connectivity index (χ1v) is 7.97. The Bertz CT molecular complexity index is 479. The van der Waals surface area contributed by atoms with Gasteiger partial charge in [0.1, 0.15) is 0 Å². The minimum Gasteiger partial charge on any atom is -0.383 e. The molecule has 1 aliphatic heterocycles. The molecular formula is C12H19N3O2S. The van der Waals surface area contributed by atoms with Crippen LogP contribution in [0.15, 0.2) is 24.3 Å². The van der Waals surface area contributed by atoms with Gasteiger partial charge in [0.25, 0.3) is 0 Å². The van der Waals surface area contributed by atoms with Gasteiger partial charge in [-0.05, 0) is 43.7 Å². The summed E-state index contributed by atoms with van der Waals surface area (Å²) in [5, 5.41) is 6.75. The van der Waals surface area contributed by atoms with E-state index < -0.39 is 10.0 Å². The van der Waals surface area contributed by atoms with Gasteiger partial charge >= 0.3 is 0 Å². The zero-order valence-electron chi connectivity index (χ0n) is 10.4. The molecule has 0 spiro atoms. The molecule has 100 valence electrons. The van der Waals surface area contributed by atoms with Gasteiger partial charge in [0.05, 0.1) is 6.26 Å². The van der Waals surface area contributed by atoms with Crippen molar-refractivity contribution >= 4 is 21.4 Å². The number of anilines is 2. The van der Waals surface area contributed by atoms with E-state index in [2.05, 4.69) is 15.4 Å². The highest BCUT2D eigenvalue weighted by Gasteiger charge is 2.12. The highest BCUT2D eigenvalue weighted by atomic mass is 32.2. The monoisotopic (exact) mass is 269 g/mol. The first-order valence-electron chi connectivity index (χ1n) is 6.08. The van der Waals surface area contributed by atoms with Gasteiger partial charge in [-0.25, -0.2) is 8.42 Å². The van der Waals surface area contributed by atoms with E-state index in [4.69, 9.17) is 0 Å². The summed E-state index contributed by atoms with van der Waals surface area (Å²) in [5.74, 6) is 0. The molecule has 0 aliphatic carbocycles. The van der Waals surface area contributed by atoms with Gasteiger partial charge in [-0.15, -0.1) is 0 Å². The summed E-state index contributed by atoms with van der Waals surface area (Å²) in [5.41, 5.74) is 1.59. The maximum atomic E-state index is 11.1. The van der Waals surface area contributed by atoms with Crippen LogP contribution in [0.2, 0.25) is 0 Å².